The van der Waals surface area contributed by atoms with Gasteiger partial charge in [0, 0.05) is 6.42 Å². The van der Waals surface area contributed by atoms with E-state index in [-0.39, 0.29) is 6.42 Å². The molecule has 0 heterocycles. The quantitative estimate of drug-likeness (QED) is 0.116. The Kier molecular flexibility index (Phi) is 12.2. The van der Waals surface area contributed by atoms with Gasteiger partial charge in [0.25, 0.3) is 0 Å². The zero-order valence-corrected chi connectivity index (χ0v) is 19.5. The van der Waals surface area contributed by atoms with E-state index in [4.69, 9.17) is 26.2 Å². The third kappa shape index (κ3) is 11.6. The van der Waals surface area contributed by atoms with E-state index in [9.17, 15) is 33.6 Å². The van der Waals surface area contributed by atoms with Gasteiger partial charge in [-0.25, -0.2) is 4.79 Å². The third-order valence-electron chi connectivity index (χ3n) is 4.92. The molecular weight excluding hydrogens is 496 g/mol. The molecule has 9 N–H and O–H groups in total. The van der Waals surface area contributed by atoms with Gasteiger partial charge in [-0.3, -0.25) is 28.8 Å². The van der Waals surface area contributed by atoms with Gasteiger partial charge in [0.05, 0.1) is 18.9 Å². The Morgan fingerprint density at radius 1 is 0.676 bits per heavy atom. The van der Waals surface area contributed by atoms with Crippen molar-refractivity contribution in [1.29, 1.82) is 0 Å². The van der Waals surface area contributed by atoms with E-state index in [2.05, 4.69) is 10.6 Å². The summed E-state index contributed by atoms with van der Waals surface area (Å²) in [6.07, 6.45) is -3.06. The average Bonchev–Trinajstić information content (AvgIpc) is 2.80. The molecule has 0 saturated heterocycles. The number of carboxylic acid groups (broad SMARTS) is 4. The minimum atomic E-state index is -1.89. The lowest BCUT2D eigenvalue weighted by Crippen LogP contribution is -2.57. The second-order valence-corrected chi connectivity index (χ2v) is 7.95. The van der Waals surface area contributed by atoms with Crippen molar-refractivity contribution in [3.63, 3.8) is 0 Å². The van der Waals surface area contributed by atoms with E-state index >= 15 is 0 Å². The number of hydrogen-bond donors (Lipinski definition) is 8. The zero-order chi connectivity index (χ0) is 28.1. The molecule has 0 bridgehead atoms. The number of rotatable bonds is 16. The van der Waals surface area contributed by atoms with E-state index < -0.39 is 91.4 Å². The molecule has 0 aliphatic rings. The first kappa shape index (κ1) is 30.5. The topological polar surface area (TPSA) is 263 Å². The predicted octanol–water partition coefficient (Wildman–Crippen LogP) is -2.09. The lowest BCUT2D eigenvalue weighted by atomic mass is 10.0. The standard InChI is InChI=1S/C22H28N4O11/c23-12(8-11-4-2-1-3-5-11)19(33)25-14(9-17(29)30)21(35)24-13(6-7-16(27)28)20(34)26-15(22(36)37)10-18(31)32/h1-5,12-15H,6-10,23H2,(H,24,35)(H,25,33)(H,26,34)(H,27,28)(H,29,30)(H,31,32)(H,36,37). The summed E-state index contributed by atoms with van der Waals surface area (Å²) in [4.78, 5) is 82.2. The first-order chi connectivity index (χ1) is 17.3. The molecule has 0 aromatic heterocycles. The van der Waals surface area contributed by atoms with Crippen molar-refractivity contribution in [3.8, 4) is 0 Å². The summed E-state index contributed by atoms with van der Waals surface area (Å²) < 4.78 is 0. The molecule has 1 aromatic rings. The molecule has 0 fully saturated rings. The van der Waals surface area contributed by atoms with Crippen LogP contribution in [-0.4, -0.2) is 86.2 Å². The maximum atomic E-state index is 12.8. The van der Waals surface area contributed by atoms with Crippen molar-refractivity contribution >= 4 is 41.6 Å². The number of amides is 3. The third-order valence-corrected chi connectivity index (χ3v) is 4.92. The first-order valence-corrected chi connectivity index (χ1v) is 10.9. The maximum absolute atomic E-state index is 12.8. The molecule has 3 amide bonds. The SMILES string of the molecule is NC(Cc1ccccc1)C(=O)NC(CC(=O)O)C(=O)NC(CCC(=O)O)C(=O)NC(CC(=O)O)C(=O)O. The normalized spacial score (nSPS) is 13.8. The van der Waals surface area contributed by atoms with Gasteiger partial charge in [-0.2, -0.15) is 0 Å². The van der Waals surface area contributed by atoms with E-state index in [1.807, 2.05) is 5.32 Å². The van der Waals surface area contributed by atoms with Gasteiger partial charge in [-0.05, 0) is 18.4 Å². The molecule has 0 aliphatic heterocycles. The molecule has 202 valence electrons. The highest BCUT2D eigenvalue weighted by molar-refractivity contribution is 5.96. The molecule has 15 nitrogen and oxygen atoms in total. The fourth-order valence-electron chi connectivity index (χ4n) is 3.08. The number of carbonyl (C=O) groups is 7. The van der Waals surface area contributed by atoms with Crippen molar-refractivity contribution < 1.29 is 54.0 Å². The Morgan fingerprint density at radius 3 is 1.68 bits per heavy atom. The van der Waals surface area contributed by atoms with Gasteiger partial charge in [0.1, 0.15) is 18.1 Å². The summed E-state index contributed by atoms with van der Waals surface area (Å²) in [6.45, 7) is 0. The van der Waals surface area contributed by atoms with E-state index in [0.29, 0.717) is 5.56 Å². The molecule has 4 unspecified atom stereocenters. The van der Waals surface area contributed by atoms with Crippen molar-refractivity contribution in [2.24, 2.45) is 5.73 Å². The van der Waals surface area contributed by atoms with Crippen LogP contribution in [0.15, 0.2) is 30.3 Å². The highest BCUT2D eigenvalue weighted by atomic mass is 16.4. The van der Waals surface area contributed by atoms with Gasteiger partial charge < -0.3 is 42.1 Å². The Labute approximate surface area is 210 Å². The number of carbonyl (C=O) groups excluding carboxylic acids is 3. The zero-order valence-electron chi connectivity index (χ0n) is 19.5. The largest absolute Gasteiger partial charge is 0.481 e. The molecular formula is C22H28N4O11. The van der Waals surface area contributed by atoms with Crippen LogP contribution < -0.4 is 21.7 Å². The number of hydrogen-bond acceptors (Lipinski definition) is 8. The van der Waals surface area contributed by atoms with Crippen molar-refractivity contribution in [3.05, 3.63) is 35.9 Å². The van der Waals surface area contributed by atoms with Crippen LogP contribution in [0.3, 0.4) is 0 Å². The summed E-state index contributed by atoms with van der Waals surface area (Å²) in [5.41, 5.74) is 6.56. The average molecular weight is 524 g/mol. The number of aliphatic carboxylic acids is 4. The van der Waals surface area contributed by atoms with Crippen molar-refractivity contribution in [2.75, 3.05) is 0 Å². The highest BCUT2D eigenvalue weighted by Gasteiger charge is 2.32. The molecule has 0 spiro atoms. The lowest BCUT2D eigenvalue weighted by Gasteiger charge is -2.24. The summed E-state index contributed by atoms with van der Waals surface area (Å²) in [6, 6.07) is 2.13. The Balaban J connectivity index is 3.01. The number of nitrogens with two attached hydrogens (primary N) is 1. The van der Waals surface area contributed by atoms with Gasteiger partial charge in [0.15, 0.2) is 0 Å². The van der Waals surface area contributed by atoms with Crippen molar-refractivity contribution in [1.82, 2.24) is 16.0 Å². The number of benzene rings is 1. The smallest absolute Gasteiger partial charge is 0.326 e. The second kappa shape index (κ2) is 14.8. The summed E-state index contributed by atoms with van der Waals surface area (Å²) in [5.74, 6) is -9.37. The van der Waals surface area contributed by atoms with Crippen molar-refractivity contribution in [2.45, 2.75) is 56.3 Å². The first-order valence-electron chi connectivity index (χ1n) is 10.9. The van der Waals surface area contributed by atoms with Gasteiger partial charge in [-0.15, -0.1) is 0 Å². The van der Waals surface area contributed by atoms with Crippen LogP contribution in [0.25, 0.3) is 0 Å². The van der Waals surface area contributed by atoms with Gasteiger partial charge in [-0.1, -0.05) is 30.3 Å². The predicted molar refractivity (Wildman–Crippen MR) is 123 cm³/mol. The fraction of sp³-hybridized carbons (Fsp3) is 0.409. The molecule has 37 heavy (non-hydrogen) atoms. The summed E-state index contributed by atoms with van der Waals surface area (Å²) >= 11 is 0. The monoisotopic (exact) mass is 524 g/mol. The molecule has 1 aromatic carbocycles. The van der Waals surface area contributed by atoms with Crippen LogP contribution in [0.1, 0.15) is 31.2 Å². The molecule has 0 radical (unpaired) electrons. The second-order valence-electron chi connectivity index (χ2n) is 7.95. The molecule has 15 heteroatoms. The van der Waals surface area contributed by atoms with Crippen LogP contribution >= 0.6 is 0 Å². The summed E-state index contributed by atoms with van der Waals surface area (Å²) in [7, 11) is 0. The number of nitrogens with one attached hydrogen (secondary N) is 3. The van der Waals surface area contributed by atoms with Crippen LogP contribution in [0.4, 0.5) is 0 Å². The van der Waals surface area contributed by atoms with Crippen LogP contribution in [0, 0.1) is 0 Å². The molecule has 0 saturated carbocycles. The Morgan fingerprint density at radius 2 is 1.16 bits per heavy atom. The molecule has 1 rings (SSSR count). The van der Waals surface area contributed by atoms with E-state index in [0.717, 1.165) is 0 Å². The lowest BCUT2D eigenvalue weighted by molar-refractivity contribution is -0.147. The fourth-order valence-corrected chi connectivity index (χ4v) is 3.08. The van der Waals surface area contributed by atoms with E-state index in [1.165, 1.54) is 0 Å². The Bertz CT molecular complexity index is 1020. The van der Waals surface area contributed by atoms with E-state index in [1.54, 1.807) is 30.3 Å². The minimum absolute atomic E-state index is 0.0673. The number of carboxylic acids is 4. The van der Waals surface area contributed by atoms with Gasteiger partial charge in [0.2, 0.25) is 17.7 Å². The van der Waals surface area contributed by atoms with Gasteiger partial charge >= 0.3 is 23.9 Å². The van der Waals surface area contributed by atoms with Crippen LogP contribution in [0.2, 0.25) is 0 Å². The molecule has 0 aliphatic carbocycles. The van der Waals surface area contributed by atoms with Crippen LogP contribution in [-0.2, 0) is 40.0 Å². The maximum Gasteiger partial charge on any atom is 0.326 e. The molecule has 4 atom stereocenters. The Hall–Kier alpha value is -4.53. The highest BCUT2D eigenvalue weighted by Crippen LogP contribution is 2.05. The van der Waals surface area contributed by atoms with Crippen LogP contribution in [0.5, 0.6) is 0 Å². The minimum Gasteiger partial charge on any atom is -0.481 e. The summed E-state index contributed by atoms with van der Waals surface area (Å²) in [5, 5.41) is 42.2.